The number of carbonyl (C=O) groups excluding carboxylic acids is 1. The molecule has 0 saturated heterocycles. The minimum absolute atomic E-state index is 0.0813. The van der Waals surface area contributed by atoms with Gasteiger partial charge in [0, 0.05) is 0 Å². The van der Waals surface area contributed by atoms with Crippen LogP contribution in [0.25, 0.3) is 0 Å². The van der Waals surface area contributed by atoms with Crippen molar-refractivity contribution in [3.8, 4) is 47.4 Å². The molecule has 0 fully saturated rings. The molecule has 0 rings (SSSR count). The van der Waals surface area contributed by atoms with Crippen molar-refractivity contribution < 1.29 is 14.6 Å². The quantitative estimate of drug-likeness (QED) is 0.614. The predicted octanol–water partition coefficient (Wildman–Crippen LogP) is 1.14. The largest absolute Gasteiger partial charge is 0.462 e. The maximum absolute atomic E-state index is 11.1. The second-order valence-corrected chi connectivity index (χ2v) is 3.86. The van der Waals surface area contributed by atoms with Crippen LogP contribution in [0.4, 0.5) is 0 Å². The monoisotopic (exact) mass is 268 g/mol. The Balaban J connectivity index is 4.10. The zero-order chi connectivity index (χ0) is 15.2. The third-order valence-electron chi connectivity index (χ3n) is 1.78. The van der Waals surface area contributed by atoms with E-state index in [-0.39, 0.29) is 18.5 Å². The zero-order valence-corrected chi connectivity index (χ0v) is 11.8. The highest BCUT2D eigenvalue weighted by Gasteiger charge is 2.09. The summed E-state index contributed by atoms with van der Waals surface area (Å²) in [7, 11) is 0. The van der Waals surface area contributed by atoms with E-state index in [1.165, 1.54) is 12.2 Å². The Hall–Kier alpha value is -2.59. The normalized spacial score (nSPS) is 9.85. The first-order chi connectivity index (χ1) is 9.57. The average molecular weight is 268 g/mol. The van der Waals surface area contributed by atoms with E-state index in [1.807, 2.05) is 0 Å². The van der Waals surface area contributed by atoms with Crippen LogP contribution in [0.1, 0.15) is 20.8 Å². The standard InChI is InChI=1S/C17H16O3/c1-4-5-6-7-8-9-10-11-12-13-16(18)14-20-17(19)15(2)3/h12-13,15-16,18H,14H2,1-3H3. The molecule has 0 bridgehead atoms. The Morgan fingerprint density at radius 3 is 2.35 bits per heavy atom. The van der Waals surface area contributed by atoms with E-state index in [0.717, 1.165) is 0 Å². The summed E-state index contributed by atoms with van der Waals surface area (Å²) in [5.41, 5.74) is 0. The Labute approximate surface area is 120 Å². The van der Waals surface area contributed by atoms with Crippen molar-refractivity contribution in [2.45, 2.75) is 26.9 Å². The summed E-state index contributed by atoms with van der Waals surface area (Å²) < 4.78 is 4.85. The summed E-state index contributed by atoms with van der Waals surface area (Å²) in [6.07, 6.45) is 2.00. The van der Waals surface area contributed by atoms with Gasteiger partial charge in [-0.05, 0) is 54.6 Å². The molecule has 0 saturated carbocycles. The number of allylic oxidation sites excluding steroid dienone is 1. The number of aliphatic hydroxyl groups is 1. The summed E-state index contributed by atoms with van der Waals surface area (Å²) in [5, 5.41) is 9.47. The molecule has 20 heavy (non-hydrogen) atoms. The molecule has 0 aliphatic heterocycles. The van der Waals surface area contributed by atoms with Crippen LogP contribution >= 0.6 is 0 Å². The molecule has 1 N–H and O–H groups in total. The molecule has 102 valence electrons. The number of ether oxygens (including phenoxy) is 1. The van der Waals surface area contributed by atoms with Crippen molar-refractivity contribution in [2.24, 2.45) is 5.92 Å². The first-order valence-electron chi connectivity index (χ1n) is 6.01. The smallest absolute Gasteiger partial charge is 0.308 e. The van der Waals surface area contributed by atoms with Gasteiger partial charge in [-0.2, -0.15) is 0 Å². The Morgan fingerprint density at radius 2 is 1.75 bits per heavy atom. The molecule has 0 amide bonds. The maximum Gasteiger partial charge on any atom is 0.308 e. The second kappa shape index (κ2) is 11.5. The van der Waals surface area contributed by atoms with Gasteiger partial charge in [0.2, 0.25) is 0 Å². The predicted molar refractivity (Wildman–Crippen MR) is 77.7 cm³/mol. The van der Waals surface area contributed by atoms with Crippen LogP contribution in [0.5, 0.6) is 0 Å². The summed E-state index contributed by atoms with van der Waals surface area (Å²) in [6.45, 7) is 5.06. The van der Waals surface area contributed by atoms with Crippen LogP contribution in [-0.4, -0.2) is 23.8 Å². The molecule has 1 atom stereocenters. The van der Waals surface area contributed by atoms with Crippen LogP contribution in [0.3, 0.4) is 0 Å². The lowest BCUT2D eigenvalue weighted by Gasteiger charge is -2.08. The van der Waals surface area contributed by atoms with Crippen LogP contribution in [-0.2, 0) is 9.53 Å². The van der Waals surface area contributed by atoms with Gasteiger partial charge in [0.25, 0.3) is 0 Å². The molecular weight excluding hydrogens is 252 g/mol. The molecule has 0 aromatic carbocycles. The van der Waals surface area contributed by atoms with Crippen LogP contribution < -0.4 is 0 Å². The lowest BCUT2D eigenvalue weighted by Crippen LogP contribution is -2.19. The molecule has 1 unspecified atom stereocenters. The summed E-state index contributed by atoms with van der Waals surface area (Å²) >= 11 is 0. The van der Waals surface area contributed by atoms with Crippen molar-refractivity contribution in [1.82, 2.24) is 0 Å². The molecule has 0 aliphatic rings. The minimum Gasteiger partial charge on any atom is -0.462 e. The summed E-state index contributed by atoms with van der Waals surface area (Å²) in [6, 6.07) is 0. The Kier molecular flexibility index (Phi) is 10.0. The van der Waals surface area contributed by atoms with Crippen molar-refractivity contribution >= 4 is 5.97 Å². The number of carbonyl (C=O) groups is 1. The zero-order valence-electron chi connectivity index (χ0n) is 11.8. The third-order valence-corrected chi connectivity index (χ3v) is 1.78. The first kappa shape index (κ1) is 17.4. The van der Waals surface area contributed by atoms with E-state index >= 15 is 0 Å². The van der Waals surface area contributed by atoms with E-state index in [0.29, 0.717) is 0 Å². The van der Waals surface area contributed by atoms with Crippen LogP contribution in [0.15, 0.2) is 12.2 Å². The number of hydrogen-bond donors (Lipinski definition) is 1. The van der Waals surface area contributed by atoms with Gasteiger partial charge in [-0.1, -0.05) is 25.7 Å². The van der Waals surface area contributed by atoms with E-state index in [4.69, 9.17) is 4.74 Å². The third kappa shape index (κ3) is 10.6. The van der Waals surface area contributed by atoms with Crippen LogP contribution in [0.2, 0.25) is 0 Å². The number of rotatable bonds is 4. The lowest BCUT2D eigenvalue weighted by atomic mass is 10.2. The molecule has 0 heterocycles. The first-order valence-corrected chi connectivity index (χ1v) is 6.01. The molecule has 0 radical (unpaired) electrons. The van der Waals surface area contributed by atoms with Gasteiger partial charge in [-0.3, -0.25) is 4.79 Å². The van der Waals surface area contributed by atoms with Crippen molar-refractivity contribution in [3.05, 3.63) is 12.2 Å². The molecule has 3 heteroatoms. The van der Waals surface area contributed by atoms with E-state index in [9.17, 15) is 9.90 Å². The fourth-order valence-electron chi connectivity index (χ4n) is 0.814. The van der Waals surface area contributed by atoms with Gasteiger partial charge in [0.1, 0.15) is 12.7 Å². The molecule has 0 spiro atoms. The lowest BCUT2D eigenvalue weighted by molar-refractivity contribution is -0.149. The molecular formula is C17H16O3. The van der Waals surface area contributed by atoms with E-state index in [1.54, 1.807) is 20.8 Å². The minimum atomic E-state index is -0.875. The molecule has 3 nitrogen and oxygen atoms in total. The highest BCUT2D eigenvalue weighted by atomic mass is 16.5. The summed E-state index contributed by atoms with van der Waals surface area (Å²) in [5.74, 6) is 19.8. The Morgan fingerprint density at radius 1 is 1.15 bits per heavy atom. The van der Waals surface area contributed by atoms with Crippen molar-refractivity contribution in [1.29, 1.82) is 0 Å². The summed E-state index contributed by atoms with van der Waals surface area (Å²) in [4.78, 5) is 11.1. The van der Waals surface area contributed by atoms with Crippen LogP contribution in [0, 0.1) is 53.3 Å². The molecule has 0 aromatic rings. The van der Waals surface area contributed by atoms with Crippen molar-refractivity contribution in [2.75, 3.05) is 6.61 Å². The number of aliphatic hydroxyl groups excluding tert-OH is 1. The van der Waals surface area contributed by atoms with Gasteiger partial charge in [0.15, 0.2) is 0 Å². The van der Waals surface area contributed by atoms with Gasteiger partial charge in [-0.15, -0.1) is 0 Å². The fourth-order valence-corrected chi connectivity index (χ4v) is 0.814. The maximum atomic E-state index is 11.1. The van der Waals surface area contributed by atoms with E-state index in [2.05, 4.69) is 47.4 Å². The Bertz CT molecular complexity index is 581. The van der Waals surface area contributed by atoms with Gasteiger partial charge in [0.05, 0.1) is 5.92 Å². The molecule has 0 aliphatic carbocycles. The number of hydrogen-bond acceptors (Lipinski definition) is 3. The highest BCUT2D eigenvalue weighted by Crippen LogP contribution is 1.97. The fraction of sp³-hybridized carbons (Fsp3) is 0.353. The SMILES string of the molecule is CC#CC#CC#CC#CC=CC(O)COC(=O)C(C)C. The second-order valence-electron chi connectivity index (χ2n) is 3.86. The van der Waals surface area contributed by atoms with Gasteiger partial charge in [-0.25, -0.2) is 0 Å². The van der Waals surface area contributed by atoms with Gasteiger partial charge < -0.3 is 9.84 Å². The van der Waals surface area contributed by atoms with Crippen molar-refractivity contribution in [3.63, 3.8) is 0 Å². The highest BCUT2D eigenvalue weighted by molar-refractivity contribution is 5.71. The van der Waals surface area contributed by atoms with E-state index < -0.39 is 6.10 Å². The number of esters is 1. The van der Waals surface area contributed by atoms with Gasteiger partial charge >= 0.3 is 5.97 Å². The topological polar surface area (TPSA) is 46.5 Å². The molecule has 0 aromatic heterocycles. The average Bonchev–Trinajstić information content (AvgIpc) is 2.42.